The van der Waals surface area contributed by atoms with Gasteiger partial charge in [0.1, 0.15) is 17.4 Å². The van der Waals surface area contributed by atoms with Crippen molar-refractivity contribution in [3.8, 4) is 6.07 Å². The summed E-state index contributed by atoms with van der Waals surface area (Å²) in [4.78, 5) is 26.4. The van der Waals surface area contributed by atoms with Crippen LogP contribution in [0.15, 0.2) is 29.1 Å². The summed E-state index contributed by atoms with van der Waals surface area (Å²) in [6, 6.07) is 8.57. The third-order valence-corrected chi connectivity index (χ3v) is 5.31. The summed E-state index contributed by atoms with van der Waals surface area (Å²) < 4.78 is 13.5. The Hall–Kier alpha value is -2.59. The fourth-order valence-electron chi connectivity index (χ4n) is 2.81. The van der Waals surface area contributed by atoms with Gasteiger partial charge in [0.15, 0.2) is 0 Å². The number of H-pyrrole nitrogens is 1. The van der Waals surface area contributed by atoms with Gasteiger partial charge in [-0.15, -0.1) is 0 Å². The molecule has 0 spiro atoms. The Bertz CT molecular complexity index is 918. The number of halogens is 1. The van der Waals surface area contributed by atoms with Gasteiger partial charge in [-0.2, -0.15) is 17.0 Å². The van der Waals surface area contributed by atoms with Crippen molar-refractivity contribution in [1.82, 2.24) is 10.3 Å². The number of nitrogens with one attached hydrogen (secondary N) is 2. The third kappa shape index (κ3) is 5.69. The summed E-state index contributed by atoms with van der Waals surface area (Å²) in [7, 11) is 0. The SMILES string of the molecule is Cc1[nH]c(=O)c(C#N)c(C)c1CCC(=O)NCCSCc1ccccc1F. The topological polar surface area (TPSA) is 85.8 Å². The molecule has 5 nitrogen and oxygen atoms in total. The number of nitrogens with zero attached hydrogens (tertiary/aromatic N) is 1. The van der Waals surface area contributed by atoms with Gasteiger partial charge in [0.2, 0.25) is 5.91 Å². The second kappa shape index (κ2) is 9.93. The third-order valence-electron chi connectivity index (χ3n) is 4.31. The Morgan fingerprint density at radius 3 is 2.78 bits per heavy atom. The Labute approximate surface area is 162 Å². The first-order chi connectivity index (χ1) is 12.9. The molecule has 1 aromatic carbocycles. The zero-order valence-electron chi connectivity index (χ0n) is 15.4. The van der Waals surface area contributed by atoms with Gasteiger partial charge in [0.25, 0.3) is 5.56 Å². The lowest BCUT2D eigenvalue weighted by molar-refractivity contribution is -0.120. The van der Waals surface area contributed by atoms with Crippen LogP contribution >= 0.6 is 11.8 Å². The van der Waals surface area contributed by atoms with E-state index in [2.05, 4.69) is 10.3 Å². The molecule has 0 saturated carbocycles. The predicted molar refractivity (Wildman–Crippen MR) is 105 cm³/mol. The number of aryl methyl sites for hydroxylation is 1. The predicted octanol–water partition coefficient (Wildman–Crippen LogP) is 2.98. The van der Waals surface area contributed by atoms with E-state index < -0.39 is 5.56 Å². The first kappa shape index (κ1) is 20.7. The van der Waals surface area contributed by atoms with Crippen molar-refractivity contribution in [2.45, 2.75) is 32.4 Å². The van der Waals surface area contributed by atoms with Crippen molar-refractivity contribution in [2.24, 2.45) is 0 Å². The van der Waals surface area contributed by atoms with Crippen LogP contribution < -0.4 is 10.9 Å². The molecule has 0 radical (unpaired) electrons. The van der Waals surface area contributed by atoms with Gasteiger partial charge in [-0.05, 0) is 43.0 Å². The molecule has 2 aromatic rings. The van der Waals surface area contributed by atoms with Crippen LogP contribution in [0.5, 0.6) is 0 Å². The number of hydrogen-bond donors (Lipinski definition) is 2. The van der Waals surface area contributed by atoms with E-state index in [1.807, 2.05) is 6.07 Å². The highest BCUT2D eigenvalue weighted by atomic mass is 32.2. The van der Waals surface area contributed by atoms with E-state index in [0.29, 0.717) is 41.3 Å². The Balaban J connectivity index is 1.76. The number of carbonyl (C=O) groups is 1. The van der Waals surface area contributed by atoms with Crippen LogP contribution in [0.2, 0.25) is 0 Å². The molecule has 142 valence electrons. The highest BCUT2D eigenvalue weighted by molar-refractivity contribution is 7.98. The van der Waals surface area contributed by atoms with Crippen LogP contribution in [0, 0.1) is 31.0 Å². The number of nitriles is 1. The summed E-state index contributed by atoms with van der Waals surface area (Å²) in [5, 5.41) is 11.9. The Morgan fingerprint density at radius 1 is 1.33 bits per heavy atom. The molecular weight excluding hydrogens is 365 g/mol. The number of benzene rings is 1. The van der Waals surface area contributed by atoms with Crippen LogP contribution in [-0.4, -0.2) is 23.2 Å². The molecule has 2 rings (SSSR count). The number of aromatic amines is 1. The molecule has 0 atom stereocenters. The van der Waals surface area contributed by atoms with Gasteiger partial charge in [-0.25, -0.2) is 4.39 Å². The molecule has 0 bridgehead atoms. The quantitative estimate of drug-likeness (QED) is 0.682. The van der Waals surface area contributed by atoms with E-state index in [4.69, 9.17) is 5.26 Å². The van der Waals surface area contributed by atoms with Crippen LogP contribution in [0.4, 0.5) is 4.39 Å². The second-order valence-corrected chi connectivity index (χ2v) is 7.27. The van der Waals surface area contributed by atoms with Crippen molar-refractivity contribution >= 4 is 17.7 Å². The van der Waals surface area contributed by atoms with Gasteiger partial charge < -0.3 is 10.3 Å². The van der Waals surface area contributed by atoms with E-state index in [0.717, 1.165) is 5.56 Å². The van der Waals surface area contributed by atoms with E-state index in [1.165, 1.54) is 6.07 Å². The van der Waals surface area contributed by atoms with E-state index in [1.54, 1.807) is 43.8 Å². The number of aromatic nitrogens is 1. The highest BCUT2D eigenvalue weighted by Crippen LogP contribution is 2.16. The van der Waals surface area contributed by atoms with Gasteiger partial charge in [0, 0.05) is 30.2 Å². The Morgan fingerprint density at radius 2 is 2.07 bits per heavy atom. The number of amides is 1. The largest absolute Gasteiger partial charge is 0.355 e. The summed E-state index contributed by atoms with van der Waals surface area (Å²) >= 11 is 1.56. The average Bonchev–Trinajstić information content (AvgIpc) is 2.62. The van der Waals surface area contributed by atoms with Crippen LogP contribution in [0.25, 0.3) is 0 Å². The standard InChI is InChI=1S/C20H22FN3O2S/c1-13-16(14(2)24-20(26)17(13)11-22)7-8-19(25)23-9-10-27-12-15-5-3-4-6-18(15)21/h3-6H,7-10,12H2,1-2H3,(H,23,25)(H,24,26). The van der Waals surface area contributed by atoms with Gasteiger partial charge >= 0.3 is 0 Å². The maximum Gasteiger partial charge on any atom is 0.266 e. The summed E-state index contributed by atoms with van der Waals surface area (Å²) in [6.45, 7) is 4.00. The zero-order valence-corrected chi connectivity index (χ0v) is 16.2. The lowest BCUT2D eigenvalue weighted by atomic mass is 9.99. The van der Waals surface area contributed by atoms with Crippen molar-refractivity contribution in [3.05, 3.63) is 68.4 Å². The van der Waals surface area contributed by atoms with Crippen molar-refractivity contribution in [2.75, 3.05) is 12.3 Å². The van der Waals surface area contributed by atoms with Crippen molar-refractivity contribution < 1.29 is 9.18 Å². The molecule has 2 N–H and O–H groups in total. The summed E-state index contributed by atoms with van der Waals surface area (Å²) in [5.74, 6) is 0.951. The maximum absolute atomic E-state index is 13.5. The number of thioether (sulfide) groups is 1. The molecule has 0 aliphatic rings. The minimum absolute atomic E-state index is 0.0926. The molecule has 0 unspecified atom stereocenters. The van der Waals surface area contributed by atoms with Gasteiger partial charge in [-0.3, -0.25) is 9.59 Å². The van der Waals surface area contributed by atoms with Gasteiger partial charge in [-0.1, -0.05) is 18.2 Å². The van der Waals surface area contributed by atoms with E-state index in [-0.39, 0.29) is 23.7 Å². The van der Waals surface area contributed by atoms with Crippen molar-refractivity contribution in [1.29, 1.82) is 5.26 Å². The normalized spacial score (nSPS) is 10.4. The van der Waals surface area contributed by atoms with Crippen LogP contribution in [0.3, 0.4) is 0 Å². The zero-order chi connectivity index (χ0) is 19.8. The van der Waals surface area contributed by atoms with Crippen molar-refractivity contribution in [3.63, 3.8) is 0 Å². The number of carbonyl (C=O) groups excluding carboxylic acids is 1. The first-order valence-corrected chi connectivity index (χ1v) is 9.79. The lowest BCUT2D eigenvalue weighted by Gasteiger charge is -2.11. The van der Waals surface area contributed by atoms with Crippen LogP contribution in [-0.2, 0) is 17.0 Å². The maximum atomic E-state index is 13.5. The monoisotopic (exact) mass is 387 g/mol. The molecular formula is C20H22FN3O2S. The second-order valence-electron chi connectivity index (χ2n) is 6.16. The molecule has 1 aromatic heterocycles. The minimum atomic E-state index is -0.396. The summed E-state index contributed by atoms with van der Waals surface area (Å²) in [6.07, 6.45) is 0.730. The average molecular weight is 387 g/mol. The highest BCUT2D eigenvalue weighted by Gasteiger charge is 2.13. The molecule has 1 amide bonds. The summed E-state index contributed by atoms with van der Waals surface area (Å²) in [5.41, 5.74) is 2.51. The van der Waals surface area contributed by atoms with E-state index >= 15 is 0 Å². The minimum Gasteiger partial charge on any atom is -0.355 e. The molecule has 1 heterocycles. The Kier molecular flexibility index (Phi) is 7.62. The smallest absolute Gasteiger partial charge is 0.266 e. The fraction of sp³-hybridized carbons (Fsp3) is 0.350. The number of rotatable bonds is 8. The molecule has 0 fully saturated rings. The molecule has 0 saturated heterocycles. The molecule has 7 heteroatoms. The van der Waals surface area contributed by atoms with Crippen LogP contribution in [0.1, 0.15) is 34.4 Å². The lowest BCUT2D eigenvalue weighted by Crippen LogP contribution is -2.26. The molecule has 0 aliphatic carbocycles. The van der Waals surface area contributed by atoms with E-state index in [9.17, 15) is 14.0 Å². The molecule has 0 aliphatic heterocycles. The fourth-order valence-corrected chi connectivity index (χ4v) is 3.65. The first-order valence-electron chi connectivity index (χ1n) is 8.64. The number of pyridine rings is 1. The van der Waals surface area contributed by atoms with Gasteiger partial charge in [0.05, 0.1) is 0 Å². The molecule has 27 heavy (non-hydrogen) atoms. The number of hydrogen-bond acceptors (Lipinski definition) is 4.